The maximum Gasteiger partial charge on any atom is 0.259 e. The average Bonchev–Trinajstić information content (AvgIpc) is 2.21. The fourth-order valence-electron chi connectivity index (χ4n) is 1.57. The first-order valence-electron chi connectivity index (χ1n) is 5.66. The molecule has 0 aromatic heterocycles. The zero-order chi connectivity index (χ0) is 12.3. The fourth-order valence-corrected chi connectivity index (χ4v) is 1.57. The molecule has 0 aromatic rings. The molecule has 0 aromatic carbocycles. The van der Waals surface area contributed by atoms with Crippen molar-refractivity contribution in [1.82, 2.24) is 5.32 Å². The molecule has 16 heavy (non-hydrogen) atoms. The number of amidine groups is 1. The van der Waals surface area contributed by atoms with Gasteiger partial charge in [-0.25, -0.2) is 0 Å². The lowest BCUT2D eigenvalue weighted by atomic mass is 9.98. The maximum atomic E-state index is 11.7. The van der Waals surface area contributed by atoms with Crippen molar-refractivity contribution in [3.8, 4) is 0 Å². The minimum absolute atomic E-state index is 0.134. The summed E-state index contributed by atoms with van der Waals surface area (Å²) in [5.41, 5.74) is 5.84. The largest absolute Gasteiger partial charge is 0.321 e. The molecule has 0 aliphatic carbocycles. The van der Waals surface area contributed by atoms with Crippen molar-refractivity contribution >= 4 is 17.6 Å². The monoisotopic (exact) mass is 225 g/mol. The van der Waals surface area contributed by atoms with Crippen LogP contribution in [0.5, 0.6) is 0 Å². The number of nitrogens with one attached hydrogen (secondary N) is 1. The first kappa shape index (κ1) is 12.8. The molecule has 1 rings (SSSR count). The summed E-state index contributed by atoms with van der Waals surface area (Å²) in [7, 11) is 0. The molecular weight excluding hydrogens is 206 g/mol. The Morgan fingerprint density at radius 2 is 2.06 bits per heavy atom. The van der Waals surface area contributed by atoms with E-state index in [0.29, 0.717) is 12.3 Å². The molecule has 1 aliphatic heterocycles. The van der Waals surface area contributed by atoms with E-state index in [1.54, 1.807) is 0 Å². The average molecular weight is 225 g/mol. The molecule has 0 spiro atoms. The predicted octanol–water partition coefficient (Wildman–Crippen LogP) is 0.441. The van der Waals surface area contributed by atoms with Crippen LogP contribution >= 0.6 is 0 Å². The van der Waals surface area contributed by atoms with Gasteiger partial charge in [0.05, 0.1) is 6.04 Å². The van der Waals surface area contributed by atoms with Crippen molar-refractivity contribution in [3.63, 3.8) is 0 Å². The van der Waals surface area contributed by atoms with Gasteiger partial charge in [0.25, 0.3) is 5.91 Å². The van der Waals surface area contributed by atoms with Gasteiger partial charge in [0.1, 0.15) is 11.8 Å². The van der Waals surface area contributed by atoms with Crippen LogP contribution in [-0.2, 0) is 9.59 Å². The van der Waals surface area contributed by atoms with Crippen molar-refractivity contribution in [2.45, 2.75) is 39.7 Å². The quantitative estimate of drug-likeness (QED) is 0.681. The van der Waals surface area contributed by atoms with Gasteiger partial charge in [0.2, 0.25) is 5.91 Å². The van der Waals surface area contributed by atoms with Crippen molar-refractivity contribution < 1.29 is 9.59 Å². The van der Waals surface area contributed by atoms with Crippen LogP contribution in [0.1, 0.15) is 33.6 Å². The molecule has 3 N–H and O–H groups in total. The van der Waals surface area contributed by atoms with Gasteiger partial charge in [-0.3, -0.25) is 9.59 Å². The van der Waals surface area contributed by atoms with Crippen LogP contribution in [0.25, 0.3) is 0 Å². The van der Waals surface area contributed by atoms with Crippen molar-refractivity contribution in [1.29, 1.82) is 0 Å². The van der Waals surface area contributed by atoms with E-state index in [-0.39, 0.29) is 17.7 Å². The highest BCUT2D eigenvalue weighted by molar-refractivity contribution is 6.17. The number of hydrogen-bond acceptors (Lipinski definition) is 3. The number of carbonyl (C=O) groups excluding carboxylic acids is 2. The van der Waals surface area contributed by atoms with Crippen LogP contribution in [0.3, 0.4) is 0 Å². The first-order valence-corrected chi connectivity index (χ1v) is 5.66. The van der Waals surface area contributed by atoms with Gasteiger partial charge < -0.3 is 11.1 Å². The molecule has 2 unspecified atom stereocenters. The van der Waals surface area contributed by atoms with Crippen LogP contribution in [0.2, 0.25) is 0 Å². The molecule has 2 atom stereocenters. The second-order valence-electron chi connectivity index (χ2n) is 4.44. The highest BCUT2D eigenvalue weighted by Gasteiger charge is 2.33. The van der Waals surface area contributed by atoms with Crippen LogP contribution in [0.4, 0.5) is 0 Å². The minimum Gasteiger partial charge on any atom is -0.321 e. The molecule has 0 saturated carbocycles. The van der Waals surface area contributed by atoms with Gasteiger partial charge in [-0.15, -0.1) is 0 Å². The van der Waals surface area contributed by atoms with E-state index in [1.807, 2.05) is 20.8 Å². The summed E-state index contributed by atoms with van der Waals surface area (Å²) >= 11 is 0. The van der Waals surface area contributed by atoms with E-state index in [9.17, 15) is 9.59 Å². The van der Waals surface area contributed by atoms with Crippen LogP contribution in [-0.4, -0.2) is 23.7 Å². The minimum atomic E-state index is -0.631. The number of hydrogen-bond donors (Lipinski definition) is 2. The summed E-state index contributed by atoms with van der Waals surface area (Å²) in [5, 5.41) is 2.63. The Balaban J connectivity index is 2.83. The van der Waals surface area contributed by atoms with E-state index in [2.05, 4.69) is 10.3 Å². The molecule has 1 aliphatic rings. The van der Waals surface area contributed by atoms with E-state index < -0.39 is 12.0 Å². The van der Waals surface area contributed by atoms with Crippen LogP contribution in [0.15, 0.2) is 4.99 Å². The SMILES string of the molecule is CCCC1C(=O)N=C(C(N)C(C)C)NC1=O. The van der Waals surface area contributed by atoms with Crippen molar-refractivity contribution in [3.05, 3.63) is 0 Å². The molecule has 0 bridgehead atoms. The molecule has 5 nitrogen and oxygen atoms in total. The zero-order valence-corrected chi connectivity index (χ0v) is 9.99. The summed E-state index contributed by atoms with van der Waals surface area (Å²) in [6, 6.07) is -0.393. The summed E-state index contributed by atoms with van der Waals surface area (Å²) in [6.45, 7) is 5.77. The molecule has 1 heterocycles. The van der Waals surface area contributed by atoms with Gasteiger partial charge in [-0.2, -0.15) is 4.99 Å². The van der Waals surface area contributed by atoms with E-state index in [0.717, 1.165) is 6.42 Å². The lowest BCUT2D eigenvalue weighted by Crippen LogP contribution is -2.52. The van der Waals surface area contributed by atoms with Gasteiger partial charge >= 0.3 is 0 Å². The van der Waals surface area contributed by atoms with E-state index >= 15 is 0 Å². The number of rotatable bonds is 4. The number of aliphatic imine (C=N–C) groups is 1. The number of nitrogens with two attached hydrogens (primary N) is 1. The standard InChI is InChI=1S/C11H19N3O2/c1-4-5-7-10(15)13-9(14-11(7)16)8(12)6(2)3/h6-8H,4-5,12H2,1-3H3,(H,13,14,15,16). The van der Waals surface area contributed by atoms with E-state index in [1.165, 1.54) is 0 Å². The molecule has 0 fully saturated rings. The Hall–Kier alpha value is -1.23. The molecule has 90 valence electrons. The van der Waals surface area contributed by atoms with E-state index in [4.69, 9.17) is 5.73 Å². The Labute approximate surface area is 95.5 Å². The van der Waals surface area contributed by atoms with Gasteiger partial charge in [0, 0.05) is 0 Å². The molecule has 5 heteroatoms. The maximum absolute atomic E-state index is 11.7. The molecule has 2 amide bonds. The topological polar surface area (TPSA) is 84.6 Å². The van der Waals surface area contributed by atoms with Gasteiger partial charge in [-0.05, 0) is 12.3 Å². The Bertz CT molecular complexity index is 323. The number of carbonyl (C=O) groups is 2. The highest BCUT2D eigenvalue weighted by Crippen LogP contribution is 2.14. The summed E-state index contributed by atoms with van der Waals surface area (Å²) in [6.07, 6.45) is 1.32. The fraction of sp³-hybridized carbons (Fsp3) is 0.727. The summed E-state index contributed by atoms with van der Waals surface area (Å²) in [5.74, 6) is -0.829. The molecule has 0 saturated heterocycles. The summed E-state index contributed by atoms with van der Waals surface area (Å²) < 4.78 is 0. The van der Waals surface area contributed by atoms with Crippen LogP contribution in [0, 0.1) is 11.8 Å². The third kappa shape index (κ3) is 2.66. The van der Waals surface area contributed by atoms with Gasteiger partial charge in [0.15, 0.2) is 0 Å². The second kappa shape index (κ2) is 5.21. The van der Waals surface area contributed by atoms with Gasteiger partial charge in [-0.1, -0.05) is 27.2 Å². The van der Waals surface area contributed by atoms with Crippen LogP contribution < -0.4 is 11.1 Å². The Morgan fingerprint density at radius 3 is 2.50 bits per heavy atom. The predicted molar refractivity (Wildman–Crippen MR) is 61.8 cm³/mol. The third-order valence-electron chi connectivity index (χ3n) is 2.71. The molecular formula is C11H19N3O2. The van der Waals surface area contributed by atoms with Crippen molar-refractivity contribution in [2.75, 3.05) is 0 Å². The first-order chi connectivity index (χ1) is 7.47. The second-order valence-corrected chi connectivity index (χ2v) is 4.44. The number of nitrogens with zero attached hydrogens (tertiary/aromatic N) is 1. The highest BCUT2D eigenvalue weighted by atomic mass is 16.2. The Kier molecular flexibility index (Phi) is 4.18. The number of amides is 2. The third-order valence-corrected chi connectivity index (χ3v) is 2.71. The normalized spacial score (nSPS) is 23.1. The Morgan fingerprint density at radius 1 is 1.44 bits per heavy atom. The summed E-state index contributed by atoms with van der Waals surface area (Å²) in [4.78, 5) is 27.2. The smallest absolute Gasteiger partial charge is 0.259 e. The molecule has 0 radical (unpaired) electrons. The lowest BCUT2D eigenvalue weighted by Gasteiger charge is -2.24. The lowest BCUT2D eigenvalue weighted by molar-refractivity contribution is -0.133. The van der Waals surface area contributed by atoms with Crippen molar-refractivity contribution in [2.24, 2.45) is 22.6 Å². The zero-order valence-electron chi connectivity index (χ0n) is 9.99.